The molecular formula is C18H17ClFNO3S. The number of rotatable bonds is 6. The van der Waals surface area contributed by atoms with Gasteiger partial charge >= 0.3 is 5.97 Å². The predicted octanol–water partition coefficient (Wildman–Crippen LogP) is 4.78. The summed E-state index contributed by atoms with van der Waals surface area (Å²) in [5.74, 6) is -1.09. The number of carbonyl (C=O) groups is 2. The zero-order valence-corrected chi connectivity index (χ0v) is 15.3. The SMILES string of the molecule is CCSc1ccccc1C(=O)O[C@H](C)C(=O)Nc1ccc(Cl)cc1F. The van der Waals surface area contributed by atoms with Crippen molar-refractivity contribution in [3.8, 4) is 0 Å². The number of hydrogen-bond acceptors (Lipinski definition) is 4. The minimum absolute atomic E-state index is 0.0285. The molecule has 0 bridgehead atoms. The number of anilines is 1. The van der Waals surface area contributed by atoms with Gasteiger partial charge in [0.1, 0.15) is 5.82 Å². The van der Waals surface area contributed by atoms with Gasteiger partial charge in [0.15, 0.2) is 6.10 Å². The maximum absolute atomic E-state index is 13.7. The highest BCUT2D eigenvalue weighted by molar-refractivity contribution is 7.99. The van der Waals surface area contributed by atoms with Gasteiger partial charge in [-0.2, -0.15) is 0 Å². The zero-order valence-electron chi connectivity index (χ0n) is 13.7. The summed E-state index contributed by atoms with van der Waals surface area (Å²) in [6.45, 7) is 3.40. The van der Waals surface area contributed by atoms with Crippen LogP contribution in [0.1, 0.15) is 24.2 Å². The van der Waals surface area contributed by atoms with Gasteiger partial charge in [0, 0.05) is 9.92 Å². The molecule has 0 aliphatic carbocycles. The van der Waals surface area contributed by atoms with E-state index in [4.69, 9.17) is 16.3 Å². The van der Waals surface area contributed by atoms with Crippen LogP contribution in [-0.4, -0.2) is 23.7 Å². The lowest BCUT2D eigenvalue weighted by molar-refractivity contribution is -0.123. The van der Waals surface area contributed by atoms with Crippen LogP contribution in [0.2, 0.25) is 5.02 Å². The standard InChI is InChI=1S/C18H17ClFNO3S/c1-3-25-16-7-5-4-6-13(16)18(23)24-11(2)17(22)21-15-9-8-12(19)10-14(15)20/h4-11H,3H2,1-2H3,(H,21,22)/t11-/m1/s1. The van der Waals surface area contributed by atoms with Gasteiger partial charge in [-0.05, 0) is 43.0 Å². The molecule has 0 unspecified atom stereocenters. The van der Waals surface area contributed by atoms with E-state index in [0.717, 1.165) is 16.7 Å². The van der Waals surface area contributed by atoms with Crippen LogP contribution < -0.4 is 5.32 Å². The monoisotopic (exact) mass is 381 g/mol. The highest BCUT2D eigenvalue weighted by atomic mass is 35.5. The van der Waals surface area contributed by atoms with Gasteiger partial charge in [0.05, 0.1) is 11.3 Å². The van der Waals surface area contributed by atoms with Crippen LogP contribution >= 0.6 is 23.4 Å². The topological polar surface area (TPSA) is 55.4 Å². The first kappa shape index (κ1) is 19.3. The third-order valence-corrected chi connectivity index (χ3v) is 4.44. The number of hydrogen-bond donors (Lipinski definition) is 1. The van der Waals surface area contributed by atoms with Crippen LogP contribution in [0.3, 0.4) is 0 Å². The van der Waals surface area contributed by atoms with Crippen molar-refractivity contribution >= 4 is 40.9 Å². The molecule has 0 spiro atoms. The molecule has 2 aromatic rings. The zero-order chi connectivity index (χ0) is 18.4. The average Bonchev–Trinajstić information content (AvgIpc) is 2.58. The Morgan fingerprint density at radius 2 is 2.00 bits per heavy atom. The molecule has 7 heteroatoms. The summed E-state index contributed by atoms with van der Waals surface area (Å²) in [7, 11) is 0. The lowest BCUT2D eigenvalue weighted by Gasteiger charge is -2.15. The van der Waals surface area contributed by atoms with Crippen LogP contribution in [0.25, 0.3) is 0 Å². The number of benzene rings is 2. The molecule has 25 heavy (non-hydrogen) atoms. The van der Waals surface area contributed by atoms with Crippen molar-refractivity contribution in [1.29, 1.82) is 0 Å². The molecule has 0 aliphatic heterocycles. The van der Waals surface area contributed by atoms with E-state index in [1.165, 1.54) is 30.8 Å². The van der Waals surface area contributed by atoms with Crippen molar-refractivity contribution in [2.45, 2.75) is 24.8 Å². The Morgan fingerprint density at radius 1 is 1.28 bits per heavy atom. The van der Waals surface area contributed by atoms with Crippen LogP contribution in [0.15, 0.2) is 47.4 Å². The Hall–Kier alpha value is -2.05. The highest BCUT2D eigenvalue weighted by Crippen LogP contribution is 2.23. The van der Waals surface area contributed by atoms with Crippen LogP contribution in [0.5, 0.6) is 0 Å². The number of nitrogens with one attached hydrogen (secondary N) is 1. The normalized spacial score (nSPS) is 11.7. The average molecular weight is 382 g/mol. The third kappa shape index (κ3) is 5.21. The first-order chi connectivity index (χ1) is 11.9. The smallest absolute Gasteiger partial charge is 0.340 e. The molecule has 2 rings (SSSR count). The Balaban J connectivity index is 2.04. The number of amides is 1. The van der Waals surface area contributed by atoms with E-state index in [-0.39, 0.29) is 10.7 Å². The second kappa shape index (κ2) is 8.87. The Morgan fingerprint density at radius 3 is 2.68 bits per heavy atom. The van der Waals surface area contributed by atoms with Crippen molar-refractivity contribution in [3.63, 3.8) is 0 Å². The van der Waals surface area contributed by atoms with E-state index >= 15 is 0 Å². The Kier molecular flexibility index (Phi) is 6.84. The minimum atomic E-state index is -1.08. The fraction of sp³-hybridized carbons (Fsp3) is 0.222. The van der Waals surface area contributed by atoms with Gasteiger partial charge in [0.25, 0.3) is 5.91 Å². The molecule has 132 valence electrons. The number of halogens is 2. The molecule has 0 fully saturated rings. The van der Waals surface area contributed by atoms with Gasteiger partial charge < -0.3 is 10.1 Å². The van der Waals surface area contributed by atoms with Gasteiger partial charge in [0.2, 0.25) is 0 Å². The first-order valence-corrected chi connectivity index (χ1v) is 8.97. The minimum Gasteiger partial charge on any atom is -0.449 e. The quantitative estimate of drug-likeness (QED) is 0.578. The molecule has 0 radical (unpaired) electrons. The summed E-state index contributed by atoms with van der Waals surface area (Å²) in [5.41, 5.74) is 0.367. The molecular weight excluding hydrogens is 365 g/mol. The molecule has 1 amide bonds. The van der Waals surface area contributed by atoms with Crippen molar-refractivity contribution in [2.75, 3.05) is 11.1 Å². The second-order valence-corrected chi connectivity index (χ2v) is 6.83. The van der Waals surface area contributed by atoms with Crippen LogP contribution in [0.4, 0.5) is 10.1 Å². The van der Waals surface area contributed by atoms with Crippen LogP contribution in [0, 0.1) is 5.82 Å². The van der Waals surface area contributed by atoms with E-state index < -0.39 is 23.8 Å². The van der Waals surface area contributed by atoms with Crippen molar-refractivity contribution in [3.05, 3.63) is 58.9 Å². The van der Waals surface area contributed by atoms with E-state index in [2.05, 4.69) is 5.32 Å². The molecule has 4 nitrogen and oxygen atoms in total. The highest BCUT2D eigenvalue weighted by Gasteiger charge is 2.21. The van der Waals surface area contributed by atoms with Crippen molar-refractivity contribution in [1.82, 2.24) is 0 Å². The molecule has 2 aromatic carbocycles. The summed E-state index contributed by atoms with van der Waals surface area (Å²) in [5, 5.41) is 2.60. The number of ether oxygens (including phenoxy) is 1. The summed E-state index contributed by atoms with van der Waals surface area (Å²) in [4.78, 5) is 25.2. The Bertz CT molecular complexity index is 785. The van der Waals surface area contributed by atoms with E-state index in [0.29, 0.717) is 5.56 Å². The molecule has 1 N–H and O–H groups in total. The van der Waals surface area contributed by atoms with E-state index in [1.54, 1.807) is 12.1 Å². The van der Waals surface area contributed by atoms with E-state index in [1.807, 2.05) is 19.1 Å². The molecule has 0 heterocycles. The van der Waals surface area contributed by atoms with Gasteiger partial charge in [-0.15, -0.1) is 11.8 Å². The van der Waals surface area contributed by atoms with Gasteiger partial charge in [-0.25, -0.2) is 9.18 Å². The van der Waals surface area contributed by atoms with Gasteiger partial charge in [-0.1, -0.05) is 30.7 Å². The maximum atomic E-state index is 13.7. The molecule has 0 aliphatic rings. The van der Waals surface area contributed by atoms with Crippen molar-refractivity contribution in [2.24, 2.45) is 0 Å². The summed E-state index contributed by atoms with van der Waals surface area (Å²) in [6.07, 6.45) is -1.08. The van der Waals surface area contributed by atoms with Crippen molar-refractivity contribution < 1.29 is 18.7 Å². The molecule has 0 saturated heterocycles. The maximum Gasteiger partial charge on any atom is 0.340 e. The largest absolute Gasteiger partial charge is 0.449 e. The summed E-state index contributed by atoms with van der Waals surface area (Å²) < 4.78 is 18.9. The van der Waals surface area contributed by atoms with Crippen LogP contribution in [-0.2, 0) is 9.53 Å². The molecule has 0 aromatic heterocycles. The first-order valence-electron chi connectivity index (χ1n) is 7.61. The fourth-order valence-electron chi connectivity index (χ4n) is 2.02. The lowest BCUT2D eigenvalue weighted by Crippen LogP contribution is -2.30. The summed E-state index contributed by atoms with van der Waals surface area (Å²) in [6, 6.07) is 10.9. The lowest BCUT2D eigenvalue weighted by atomic mass is 10.2. The summed E-state index contributed by atoms with van der Waals surface area (Å²) >= 11 is 7.18. The van der Waals surface area contributed by atoms with E-state index in [9.17, 15) is 14.0 Å². The molecule has 0 saturated carbocycles. The number of thioether (sulfide) groups is 1. The number of esters is 1. The number of carbonyl (C=O) groups excluding carboxylic acids is 2. The molecule has 1 atom stereocenters. The Labute approximate surface area is 154 Å². The van der Waals surface area contributed by atoms with Gasteiger partial charge in [-0.3, -0.25) is 4.79 Å². The predicted molar refractivity (Wildman–Crippen MR) is 97.8 cm³/mol. The second-order valence-electron chi connectivity index (χ2n) is 5.09. The third-order valence-electron chi connectivity index (χ3n) is 3.25. The fourth-order valence-corrected chi connectivity index (χ4v) is 2.97.